The highest BCUT2D eigenvalue weighted by Gasteiger charge is 2.11. The van der Waals surface area contributed by atoms with Gasteiger partial charge in [0.2, 0.25) is 5.91 Å². The van der Waals surface area contributed by atoms with E-state index >= 15 is 0 Å². The Morgan fingerprint density at radius 3 is 2.35 bits per heavy atom. The van der Waals surface area contributed by atoms with Crippen LogP contribution >= 0.6 is 0 Å². The predicted molar refractivity (Wildman–Crippen MR) is 71.8 cm³/mol. The third-order valence-electron chi connectivity index (χ3n) is 2.87. The molecular weight excluding hydrogens is 212 g/mol. The maximum absolute atomic E-state index is 11.9. The first-order valence-electron chi connectivity index (χ1n) is 6.10. The number of anilines is 1. The standard InChI is InChI=1S/C14H22N2O/c1-11(2)4-9-14(17)16(3)13-7-5-12(10-15)6-8-13/h5-8,11H,4,9-10,15H2,1-3H3. The number of amides is 1. The van der Waals surface area contributed by atoms with Crippen LogP contribution in [-0.2, 0) is 11.3 Å². The second kappa shape index (κ2) is 6.40. The van der Waals surface area contributed by atoms with E-state index in [0.29, 0.717) is 18.9 Å². The number of nitrogens with two attached hydrogens (primary N) is 1. The van der Waals surface area contributed by atoms with Gasteiger partial charge in [-0.3, -0.25) is 4.79 Å². The summed E-state index contributed by atoms with van der Waals surface area (Å²) < 4.78 is 0. The molecule has 0 radical (unpaired) electrons. The summed E-state index contributed by atoms with van der Waals surface area (Å²) in [6.07, 6.45) is 1.54. The van der Waals surface area contributed by atoms with Crippen molar-refractivity contribution in [3.05, 3.63) is 29.8 Å². The Morgan fingerprint density at radius 2 is 1.88 bits per heavy atom. The highest BCUT2D eigenvalue weighted by Crippen LogP contribution is 2.16. The normalized spacial score (nSPS) is 10.6. The highest BCUT2D eigenvalue weighted by atomic mass is 16.2. The van der Waals surface area contributed by atoms with Gasteiger partial charge in [0, 0.05) is 25.7 Å². The van der Waals surface area contributed by atoms with Crippen molar-refractivity contribution < 1.29 is 4.79 Å². The molecule has 0 spiro atoms. The van der Waals surface area contributed by atoms with Gasteiger partial charge in [0.25, 0.3) is 0 Å². The predicted octanol–water partition coefficient (Wildman–Crippen LogP) is 2.54. The van der Waals surface area contributed by atoms with Crippen LogP contribution in [0, 0.1) is 5.92 Å². The number of benzene rings is 1. The Labute approximate surface area is 104 Å². The van der Waals surface area contributed by atoms with Crippen LogP contribution in [0.5, 0.6) is 0 Å². The lowest BCUT2D eigenvalue weighted by Crippen LogP contribution is -2.26. The van der Waals surface area contributed by atoms with E-state index in [1.165, 1.54) is 0 Å². The van der Waals surface area contributed by atoms with Gasteiger partial charge >= 0.3 is 0 Å². The molecule has 0 aliphatic rings. The zero-order chi connectivity index (χ0) is 12.8. The minimum absolute atomic E-state index is 0.166. The van der Waals surface area contributed by atoms with Crippen molar-refractivity contribution >= 4 is 11.6 Å². The zero-order valence-corrected chi connectivity index (χ0v) is 10.9. The van der Waals surface area contributed by atoms with E-state index in [2.05, 4.69) is 13.8 Å². The molecule has 17 heavy (non-hydrogen) atoms. The lowest BCUT2D eigenvalue weighted by molar-refractivity contribution is -0.118. The molecule has 0 fully saturated rings. The molecule has 94 valence electrons. The van der Waals surface area contributed by atoms with Crippen molar-refractivity contribution in [2.75, 3.05) is 11.9 Å². The number of nitrogens with zero attached hydrogens (tertiary/aromatic N) is 1. The number of carbonyl (C=O) groups is 1. The summed E-state index contributed by atoms with van der Waals surface area (Å²) in [5.41, 5.74) is 7.54. The first-order chi connectivity index (χ1) is 8.04. The van der Waals surface area contributed by atoms with Gasteiger partial charge in [0.05, 0.1) is 0 Å². The molecule has 3 heteroatoms. The van der Waals surface area contributed by atoms with Crippen LogP contribution < -0.4 is 10.6 Å². The zero-order valence-electron chi connectivity index (χ0n) is 10.9. The summed E-state index contributed by atoms with van der Waals surface area (Å²) in [6, 6.07) is 7.80. The van der Waals surface area contributed by atoms with Crippen LogP contribution in [-0.4, -0.2) is 13.0 Å². The van der Waals surface area contributed by atoms with Crippen LogP contribution in [0.1, 0.15) is 32.3 Å². The SMILES string of the molecule is CC(C)CCC(=O)N(C)c1ccc(CN)cc1. The van der Waals surface area contributed by atoms with Crippen LogP contribution in [0.15, 0.2) is 24.3 Å². The molecule has 1 rings (SSSR count). The van der Waals surface area contributed by atoms with Gasteiger partial charge in [-0.2, -0.15) is 0 Å². The van der Waals surface area contributed by atoms with Gasteiger partial charge < -0.3 is 10.6 Å². The fourth-order valence-electron chi connectivity index (χ4n) is 1.58. The number of carbonyl (C=O) groups excluding carboxylic acids is 1. The molecule has 0 saturated heterocycles. The fraction of sp³-hybridized carbons (Fsp3) is 0.500. The molecule has 0 aliphatic carbocycles. The Hall–Kier alpha value is -1.35. The molecule has 0 saturated carbocycles. The average Bonchev–Trinajstić information content (AvgIpc) is 2.35. The summed E-state index contributed by atoms with van der Waals surface area (Å²) in [7, 11) is 1.82. The first kappa shape index (κ1) is 13.7. The molecule has 1 aromatic rings. The molecule has 0 atom stereocenters. The molecule has 1 amide bonds. The lowest BCUT2D eigenvalue weighted by atomic mass is 10.1. The Balaban J connectivity index is 2.61. The molecular formula is C14H22N2O. The van der Waals surface area contributed by atoms with E-state index in [1.54, 1.807) is 4.90 Å². The Kier molecular flexibility index (Phi) is 5.16. The second-order valence-electron chi connectivity index (χ2n) is 4.76. The summed E-state index contributed by atoms with van der Waals surface area (Å²) in [5, 5.41) is 0. The topological polar surface area (TPSA) is 46.3 Å². The smallest absolute Gasteiger partial charge is 0.226 e. The largest absolute Gasteiger partial charge is 0.326 e. The van der Waals surface area contributed by atoms with Gasteiger partial charge in [-0.05, 0) is 30.0 Å². The van der Waals surface area contributed by atoms with Gasteiger partial charge in [-0.1, -0.05) is 26.0 Å². The molecule has 0 unspecified atom stereocenters. The maximum Gasteiger partial charge on any atom is 0.226 e. The average molecular weight is 234 g/mol. The van der Waals surface area contributed by atoms with E-state index in [4.69, 9.17) is 5.73 Å². The van der Waals surface area contributed by atoms with Crippen LogP contribution in [0.25, 0.3) is 0 Å². The van der Waals surface area contributed by atoms with E-state index in [0.717, 1.165) is 17.7 Å². The van der Waals surface area contributed by atoms with Crippen molar-refractivity contribution in [3.63, 3.8) is 0 Å². The lowest BCUT2D eigenvalue weighted by Gasteiger charge is -2.18. The van der Waals surface area contributed by atoms with Gasteiger partial charge in [-0.25, -0.2) is 0 Å². The van der Waals surface area contributed by atoms with Crippen molar-refractivity contribution in [3.8, 4) is 0 Å². The van der Waals surface area contributed by atoms with Gasteiger partial charge in [-0.15, -0.1) is 0 Å². The van der Waals surface area contributed by atoms with Gasteiger partial charge in [0.15, 0.2) is 0 Å². The van der Waals surface area contributed by atoms with Crippen LogP contribution in [0.2, 0.25) is 0 Å². The third kappa shape index (κ3) is 4.19. The minimum Gasteiger partial charge on any atom is -0.326 e. The molecule has 0 heterocycles. The number of hydrogen-bond donors (Lipinski definition) is 1. The monoisotopic (exact) mass is 234 g/mol. The van der Waals surface area contributed by atoms with Crippen molar-refractivity contribution in [2.24, 2.45) is 11.7 Å². The van der Waals surface area contributed by atoms with E-state index in [-0.39, 0.29) is 5.91 Å². The van der Waals surface area contributed by atoms with Crippen molar-refractivity contribution in [1.82, 2.24) is 0 Å². The Morgan fingerprint density at radius 1 is 1.29 bits per heavy atom. The van der Waals surface area contributed by atoms with Crippen LogP contribution in [0.4, 0.5) is 5.69 Å². The second-order valence-corrected chi connectivity index (χ2v) is 4.76. The summed E-state index contributed by atoms with van der Waals surface area (Å²) >= 11 is 0. The molecule has 0 bridgehead atoms. The number of hydrogen-bond acceptors (Lipinski definition) is 2. The Bertz CT molecular complexity index is 357. The third-order valence-corrected chi connectivity index (χ3v) is 2.87. The minimum atomic E-state index is 0.166. The quantitative estimate of drug-likeness (QED) is 0.851. The highest BCUT2D eigenvalue weighted by molar-refractivity contribution is 5.92. The van der Waals surface area contributed by atoms with Crippen LogP contribution in [0.3, 0.4) is 0 Å². The molecule has 3 nitrogen and oxygen atoms in total. The molecule has 1 aromatic carbocycles. The number of rotatable bonds is 5. The summed E-state index contributed by atoms with van der Waals surface area (Å²) in [4.78, 5) is 13.6. The maximum atomic E-state index is 11.9. The van der Waals surface area contributed by atoms with E-state index < -0.39 is 0 Å². The van der Waals surface area contributed by atoms with Gasteiger partial charge in [0.1, 0.15) is 0 Å². The van der Waals surface area contributed by atoms with E-state index in [1.807, 2.05) is 31.3 Å². The van der Waals surface area contributed by atoms with E-state index in [9.17, 15) is 4.79 Å². The summed E-state index contributed by atoms with van der Waals surface area (Å²) in [5.74, 6) is 0.728. The molecule has 0 aliphatic heterocycles. The first-order valence-corrected chi connectivity index (χ1v) is 6.10. The molecule has 0 aromatic heterocycles. The van der Waals surface area contributed by atoms with Crippen molar-refractivity contribution in [2.45, 2.75) is 33.2 Å². The molecule has 2 N–H and O–H groups in total. The fourth-order valence-corrected chi connectivity index (χ4v) is 1.58. The van der Waals surface area contributed by atoms with Crippen molar-refractivity contribution in [1.29, 1.82) is 0 Å². The summed E-state index contributed by atoms with van der Waals surface area (Å²) in [6.45, 7) is 4.79.